The lowest BCUT2D eigenvalue weighted by Gasteiger charge is -1.98. The van der Waals surface area contributed by atoms with Gasteiger partial charge in [0, 0.05) is 6.42 Å². The van der Waals surface area contributed by atoms with Gasteiger partial charge in [0.25, 0.3) is 0 Å². The molecule has 92 valence electrons. The Morgan fingerprint density at radius 1 is 1.06 bits per heavy atom. The molecule has 0 spiro atoms. The van der Waals surface area contributed by atoms with Crippen LogP contribution in [0.25, 0.3) is 0 Å². The van der Waals surface area contributed by atoms with E-state index in [0.29, 0.717) is 13.0 Å². The van der Waals surface area contributed by atoms with Crippen molar-refractivity contribution in [2.24, 2.45) is 0 Å². The Morgan fingerprint density at radius 3 is 2.25 bits per heavy atom. The molecule has 0 radical (unpaired) electrons. The fraction of sp³-hybridized carbons (Fsp3) is 0.643. The number of rotatable bonds is 9. The van der Waals surface area contributed by atoms with Crippen LogP contribution in [0.2, 0.25) is 0 Å². The summed E-state index contributed by atoms with van der Waals surface area (Å²) in [7, 11) is 0. The second-order valence-corrected chi connectivity index (χ2v) is 3.70. The van der Waals surface area contributed by atoms with Gasteiger partial charge in [-0.2, -0.15) is 0 Å². The van der Waals surface area contributed by atoms with E-state index in [1.807, 2.05) is 6.92 Å². The predicted octanol–water partition coefficient (Wildman–Crippen LogP) is 4.02. The van der Waals surface area contributed by atoms with E-state index in [0.717, 1.165) is 19.3 Å². The largest absolute Gasteiger partial charge is 0.466 e. The van der Waals surface area contributed by atoms with Gasteiger partial charge in [-0.15, -0.1) is 0 Å². The molecule has 0 aromatic carbocycles. The molecule has 0 bridgehead atoms. The van der Waals surface area contributed by atoms with E-state index in [-0.39, 0.29) is 5.97 Å². The van der Waals surface area contributed by atoms with Crippen LogP contribution in [0.5, 0.6) is 0 Å². The number of carbonyl (C=O) groups is 1. The summed E-state index contributed by atoms with van der Waals surface area (Å²) in [5.74, 6) is -0.0885. The van der Waals surface area contributed by atoms with Crippen LogP contribution in [-0.4, -0.2) is 12.6 Å². The molecule has 2 heteroatoms. The normalized spacial score (nSPS) is 11.4. The van der Waals surface area contributed by atoms with Gasteiger partial charge < -0.3 is 4.74 Å². The first-order chi connectivity index (χ1) is 7.81. The van der Waals surface area contributed by atoms with E-state index in [1.54, 1.807) is 0 Å². The summed E-state index contributed by atoms with van der Waals surface area (Å²) >= 11 is 0. The van der Waals surface area contributed by atoms with Gasteiger partial charge in [0.05, 0.1) is 6.61 Å². The first kappa shape index (κ1) is 14.9. The Kier molecular flexibility index (Phi) is 11.2. The summed E-state index contributed by atoms with van der Waals surface area (Å²) < 4.78 is 4.84. The van der Waals surface area contributed by atoms with E-state index >= 15 is 0 Å². The SMILES string of the molecule is CCCC/C=C/C=C\CCCC(=O)OCC. The average Bonchev–Trinajstić information content (AvgIpc) is 2.27. The lowest BCUT2D eigenvalue weighted by molar-refractivity contribution is -0.143. The highest BCUT2D eigenvalue weighted by molar-refractivity contribution is 5.69. The lowest BCUT2D eigenvalue weighted by Crippen LogP contribution is -2.02. The third kappa shape index (κ3) is 11.0. The molecule has 0 aromatic rings. The standard InChI is InChI=1S/C14H24O2/c1-3-5-6-7-8-9-10-11-12-13-14(15)16-4-2/h7-10H,3-6,11-13H2,1-2H3/b8-7+,10-9-. The van der Waals surface area contributed by atoms with Gasteiger partial charge >= 0.3 is 5.97 Å². The smallest absolute Gasteiger partial charge is 0.305 e. The predicted molar refractivity (Wildman–Crippen MR) is 68.3 cm³/mol. The minimum absolute atomic E-state index is 0.0885. The van der Waals surface area contributed by atoms with Crippen LogP contribution in [0, 0.1) is 0 Å². The summed E-state index contributed by atoms with van der Waals surface area (Å²) in [6, 6.07) is 0. The van der Waals surface area contributed by atoms with Crippen LogP contribution in [0.1, 0.15) is 52.4 Å². The lowest BCUT2D eigenvalue weighted by atomic mass is 10.2. The third-order valence-corrected chi connectivity index (χ3v) is 2.16. The summed E-state index contributed by atoms with van der Waals surface area (Å²) in [5, 5.41) is 0. The van der Waals surface area contributed by atoms with Crippen molar-refractivity contribution in [3.8, 4) is 0 Å². The molecule has 0 unspecified atom stereocenters. The number of hydrogen-bond donors (Lipinski definition) is 0. The van der Waals surface area contributed by atoms with Gasteiger partial charge in [-0.1, -0.05) is 44.1 Å². The molecule has 0 saturated heterocycles. The van der Waals surface area contributed by atoms with Crippen LogP contribution >= 0.6 is 0 Å². The Balaban J connectivity index is 3.33. The van der Waals surface area contributed by atoms with Gasteiger partial charge in [0.15, 0.2) is 0 Å². The molecule has 0 aliphatic heterocycles. The number of carbonyl (C=O) groups excluding carboxylic acids is 1. The van der Waals surface area contributed by atoms with Crippen molar-refractivity contribution in [3.05, 3.63) is 24.3 Å². The first-order valence-electron chi connectivity index (χ1n) is 6.28. The molecule has 0 saturated carbocycles. The minimum atomic E-state index is -0.0885. The van der Waals surface area contributed by atoms with E-state index < -0.39 is 0 Å². The van der Waals surface area contributed by atoms with Crippen molar-refractivity contribution < 1.29 is 9.53 Å². The maximum Gasteiger partial charge on any atom is 0.305 e. The Labute approximate surface area is 99.4 Å². The highest BCUT2D eigenvalue weighted by Gasteiger charge is 1.98. The van der Waals surface area contributed by atoms with Crippen molar-refractivity contribution in [1.29, 1.82) is 0 Å². The second-order valence-electron chi connectivity index (χ2n) is 3.70. The number of unbranched alkanes of at least 4 members (excludes halogenated alkanes) is 3. The maximum atomic E-state index is 11.0. The zero-order chi connectivity index (χ0) is 12.1. The molecule has 0 aromatic heterocycles. The molecular formula is C14H24O2. The van der Waals surface area contributed by atoms with Crippen LogP contribution in [0.3, 0.4) is 0 Å². The fourth-order valence-corrected chi connectivity index (χ4v) is 1.27. The molecule has 0 heterocycles. The summed E-state index contributed by atoms with van der Waals surface area (Å²) in [4.78, 5) is 11.0. The van der Waals surface area contributed by atoms with Gasteiger partial charge in [0.2, 0.25) is 0 Å². The Hall–Kier alpha value is -1.05. The average molecular weight is 224 g/mol. The molecule has 0 aliphatic carbocycles. The zero-order valence-corrected chi connectivity index (χ0v) is 10.6. The van der Waals surface area contributed by atoms with Crippen LogP contribution < -0.4 is 0 Å². The maximum absolute atomic E-state index is 11.0. The molecule has 16 heavy (non-hydrogen) atoms. The van der Waals surface area contributed by atoms with E-state index in [4.69, 9.17) is 4.74 Å². The van der Waals surface area contributed by atoms with Crippen molar-refractivity contribution in [2.75, 3.05) is 6.61 Å². The van der Waals surface area contributed by atoms with Crippen molar-refractivity contribution >= 4 is 5.97 Å². The van der Waals surface area contributed by atoms with Gasteiger partial charge in [0.1, 0.15) is 0 Å². The molecule has 0 atom stereocenters. The molecule has 0 amide bonds. The van der Waals surface area contributed by atoms with Gasteiger partial charge in [-0.25, -0.2) is 0 Å². The van der Waals surface area contributed by atoms with Crippen LogP contribution in [-0.2, 0) is 9.53 Å². The monoisotopic (exact) mass is 224 g/mol. The topological polar surface area (TPSA) is 26.3 Å². The number of hydrogen-bond acceptors (Lipinski definition) is 2. The van der Waals surface area contributed by atoms with Crippen molar-refractivity contribution in [2.45, 2.75) is 52.4 Å². The number of ether oxygens (including phenoxy) is 1. The Bertz CT molecular complexity index is 217. The highest BCUT2D eigenvalue weighted by atomic mass is 16.5. The molecule has 0 rings (SSSR count). The van der Waals surface area contributed by atoms with Crippen molar-refractivity contribution in [3.63, 3.8) is 0 Å². The first-order valence-corrected chi connectivity index (χ1v) is 6.28. The molecule has 0 aliphatic rings. The summed E-state index contributed by atoms with van der Waals surface area (Å²) in [5.41, 5.74) is 0. The zero-order valence-electron chi connectivity index (χ0n) is 10.6. The second kappa shape index (κ2) is 12.0. The van der Waals surface area contributed by atoms with E-state index in [1.165, 1.54) is 12.8 Å². The third-order valence-electron chi connectivity index (χ3n) is 2.16. The minimum Gasteiger partial charge on any atom is -0.466 e. The molecular weight excluding hydrogens is 200 g/mol. The van der Waals surface area contributed by atoms with Gasteiger partial charge in [-0.3, -0.25) is 4.79 Å². The van der Waals surface area contributed by atoms with Crippen LogP contribution in [0.15, 0.2) is 24.3 Å². The van der Waals surface area contributed by atoms with E-state index in [9.17, 15) is 4.79 Å². The van der Waals surface area contributed by atoms with E-state index in [2.05, 4.69) is 31.2 Å². The summed E-state index contributed by atoms with van der Waals surface area (Å²) in [6.45, 7) is 4.51. The van der Waals surface area contributed by atoms with Gasteiger partial charge in [-0.05, 0) is 26.2 Å². The number of allylic oxidation sites excluding steroid dienone is 4. The Morgan fingerprint density at radius 2 is 1.69 bits per heavy atom. The van der Waals surface area contributed by atoms with Crippen molar-refractivity contribution in [1.82, 2.24) is 0 Å². The fourth-order valence-electron chi connectivity index (χ4n) is 1.27. The van der Waals surface area contributed by atoms with Crippen LogP contribution in [0.4, 0.5) is 0 Å². The molecule has 2 nitrogen and oxygen atoms in total. The quantitative estimate of drug-likeness (QED) is 0.336. The molecule has 0 fully saturated rings. The number of esters is 1. The summed E-state index contributed by atoms with van der Waals surface area (Å²) in [6.07, 6.45) is 14.4. The molecule has 0 N–H and O–H groups in total. The highest BCUT2D eigenvalue weighted by Crippen LogP contribution is 2.00.